The van der Waals surface area contributed by atoms with Crippen molar-refractivity contribution in [3.05, 3.63) is 12.7 Å². The number of ether oxygens (including phenoxy) is 1. The molecule has 3 nitrogen and oxygen atoms in total. The zero-order chi connectivity index (χ0) is 9.73. The fraction of sp³-hybridized carbons (Fsp3) is 0.700. The highest BCUT2D eigenvalue weighted by atomic mass is 16.5. The van der Waals surface area contributed by atoms with Crippen LogP contribution >= 0.6 is 0 Å². The molecule has 13 heavy (non-hydrogen) atoms. The third-order valence-electron chi connectivity index (χ3n) is 2.50. The van der Waals surface area contributed by atoms with Crippen LogP contribution in [0.1, 0.15) is 32.1 Å². The van der Waals surface area contributed by atoms with Gasteiger partial charge in [0.1, 0.15) is 0 Å². The Hall–Kier alpha value is -0.830. The number of rotatable bonds is 5. The van der Waals surface area contributed by atoms with Crippen LogP contribution in [0.15, 0.2) is 12.7 Å². The predicted octanol–water partition coefficient (Wildman–Crippen LogP) is 1.98. The fourth-order valence-electron chi connectivity index (χ4n) is 1.70. The van der Waals surface area contributed by atoms with E-state index >= 15 is 0 Å². The topological polar surface area (TPSA) is 46.5 Å². The summed E-state index contributed by atoms with van der Waals surface area (Å²) in [4.78, 5) is 11.0. The van der Waals surface area contributed by atoms with Crippen LogP contribution in [-0.2, 0) is 9.53 Å². The lowest BCUT2D eigenvalue weighted by atomic mass is 10.0. The largest absolute Gasteiger partial charge is 0.479 e. The monoisotopic (exact) mass is 184 g/mol. The van der Waals surface area contributed by atoms with Gasteiger partial charge < -0.3 is 9.84 Å². The van der Waals surface area contributed by atoms with Crippen molar-refractivity contribution in [1.29, 1.82) is 0 Å². The lowest BCUT2D eigenvalue weighted by molar-refractivity contribution is -0.165. The molecule has 1 aliphatic rings. The maximum atomic E-state index is 11.0. The van der Waals surface area contributed by atoms with Crippen LogP contribution in [0.25, 0.3) is 0 Å². The first-order valence-electron chi connectivity index (χ1n) is 4.69. The van der Waals surface area contributed by atoms with E-state index in [1.54, 1.807) is 6.08 Å². The normalized spacial score (nSPS) is 20.0. The maximum Gasteiger partial charge on any atom is 0.335 e. The number of hydrogen-bond acceptors (Lipinski definition) is 2. The molecule has 0 aromatic rings. The smallest absolute Gasteiger partial charge is 0.335 e. The quantitative estimate of drug-likeness (QED) is 0.525. The molecular formula is C10H16O3. The summed E-state index contributed by atoms with van der Waals surface area (Å²) in [7, 11) is 0. The van der Waals surface area contributed by atoms with Crippen LogP contribution in [0.5, 0.6) is 0 Å². The van der Waals surface area contributed by atoms with E-state index in [0.29, 0.717) is 19.4 Å². The van der Waals surface area contributed by atoms with Gasteiger partial charge in [0.25, 0.3) is 0 Å². The van der Waals surface area contributed by atoms with Gasteiger partial charge >= 0.3 is 5.97 Å². The molecule has 0 aromatic heterocycles. The molecule has 0 bridgehead atoms. The van der Waals surface area contributed by atoms with E-state index in [-0.39, 0.29) is 0 Å². The number of carbonyl (C=O) groups is 1. The van der Waals surface area contributed by atoms with Crippen molar-refractivity contribution >= 4 is 5.97 Å². The second kappa shape index (κ2) is 4.42. The first-order valence-corrected chi connectivity index (χ1v) is 4.69. The van der Waals surface area contributed by atoms with Gasteiger partial charge in [0.2, 0.25) is 0 Å². The summed E-state index contributed by atoms with van der Waals surface area (Å²) in [5, 5.41) is 9.01. The molecule has 1 saturated carbocycles. The van der Waals surface area contributed by atoms with Crippen LogP contribution < -0.4 is 0 Å². The molecule has 74 valence electrons. The van der Waals surface area contributed by atoms with Gasteiger partial charge in [-0.3, -0.25) is 0 Å². The first-order chi connectivity index (χ1) is 6.21. The Morgan fingerprint density at radius 2 is 2.15 bits per heavy atom. The lowest BCUT2D eigenvalue weighted by Crippen LogP contribution is -2.38. The molecule has 1 aliphatic carbocycles. The summed E-state index contributed by atoms with van der Waals surface area (Å²) >= 11 is 0. The van der Waals surface area contributed by atoms with Gasteiger partial charge in [-0.2, -0.15) is 0 Å². The number of carboxylic acids is 1. The molecule has 3 heteroatoms. The van der Waals surface area contributed by atoms with Gasteiger partial charge in [-0.1, -0.05) is 6.08 Å². The van der Waals surface area contributed by atoms with E-state index in [1.807, 2.05) is 0 Å². The molecule has 0 radical (unpaired) electrons. The molecular weight excluding hydrogens is 168 g/mol. The third-order valence-corrected chi connectivity index (χ3v) is 2.50. The Labute approximate surface area is 78.4 Å². The van der Waals surface area contributed by atoms with Crippen LogP contribution in [0.3, 0.4) is 0 Å². The zero-order valence-corrected chi connectivity index (χ0v) is 7.79. The molecule has 0 saturated heterocycles. The van der Waals surface area contributed by atoms with Gasteiger partial charge in [-0.15, -0.1) is 6.58 Å². The summed E-state index contributed by atoms with van der Waals surface area (Å²) in [6, 6.07) is 0. The van der Waals surface area contributed by atoms with Crippen LogP contribution in [0, 0.1) is 0 Å². The molecule has 0 spiro atoms. The van der Waals surface area contributed by atoms with E-state index in [4.69, 9.17) is 9.84 Å². The zero-order valence-electron chi connectivity index (χ0n) is 7.79. The second-order valence-corrected chi connectivity index (χ2v) is 3.43. The van der Waals surface area contributed by atoms with Gasteiger partial charge in [0.15, 0.2) is 5.60 Å². The SMILES string of the molecule is C=CCCOC1(C(=O)O)CCCC1. The first kappa shape index (κ1) is 10.3. The van der Waals surface area contributed by atoms with Crippen molar-refractivity contribution in [1.82, 2.24) is 0 Å². The summed E-state index contributed by atoms with van der Waals surface area (Å²) in [6.07, 6.45) is 5.68. The highest BCUT2D eigenvalue weighted by Crippen LogP contribution is 2.33. The average Bonchev–Trinajstić information content (AvgIpc) is 2.55. The highest BCUT2D eigenvalue weighted by molar-refractivity contribution is 5.77. The Morgan fingerprint density at radius 1 is 1.54 bits per heavy atom. The Balaban J connectivity index is 2.47. The van der Waals surface area contributed by atoms with Gasteiger partial charge in [-0.05, 0) is 32.1 Å². The summed E-state index contributed by atoms with van der Waals surface area (Å²) in [6.45, 7) is 4.03. The van der Waals surface area contributed by atoms with Crippen molar-refractivity contribution in [2.45, 2.75) is 37.7 Å². The van der Waals surface area contributed by atoms with Crippen molar-refractivity contribution in [2.24, 2.45) is 0 Å². The van der Waals surface area contributed by atoms with Gasteiger partial charge in [-0.25, -0.2) is 4.79 Å². The van der Waals surface area contributed by atoms with Gasteiger partial charge in [0, 0.05) is 0 Å². The number of carboxylic acid groups (broad SMARTS) is 1. The number of hydrogen-bond donors (Lipinski definition) is 1. The summed E-state index contributed by atoms with van der Waals surface area (Å²) < 4.78 is 5.42. The van der Waals surface area contributed by atoms with E-state index < -0.39 is 11.6 Å². The Kier molecular flexibility index (Phi) is 3.48. The van der Waals surface area contributed by atoms with Crippen molar-refractivity contribution in [3.8, 4) is 0 Å². The standard InChI is InChI=1S/C10H16O3/c1-2-3-8-13-10(9(11)12)6-4-5-7-10/h2H,1,3-8H2,(H,11,12). The summed E-state index contributed by atoms with van der Waals surface area (Å²) in [5.74, 6) is -0.811. The Morgan fingerprint density at radius 3 is 2.62 bits per heavy atom. The highest BCUT2D eigenvalue weighted by Gasteiger charge is 2.42. The van der Waals surface area contributed by atoms with Crippen LogP contribution in [0.2, 0.25) is 0 Å². The van der Waals surface area contributed by atoms with Crippen LogP contribution in [0.4, 0.5) is 0 Å². The number of aliphatic carboxylic acids is 1. The Bertz CT molecular complexity index is 192. The van der Waals surface area contributed by atoms with E-state index in [2.05, 4.69) is 6.58 Å². The van der Waals surface area contributed by atoms with E-state index in [1.165, 1.54) is 0 Å². The van der Waals surface area contributed by atoms with E-state index in [0.717, 1.165) is 19.3 Å². The summed E-state index contributed by atoms with van der Waals surface area (Å²) in [5.41, 5.74) is -0.886. The molecule has 0 atom stereocenters. The molecule has 1 fully saturated rings. The molecule has 1 rings (SSSR count). The van der Waals surface area contributed by atoms with Gasteiger partial charge in [0.05, 0.1) is 6.61 Å². The van der Waals surface area contributed by atoms with Crippen molar-refractivity contribution < 1.29 is 14.6 Å². The maximum absolute atomic E-state index is 11.0. The lowest BCUT2D eigenvalue weighted by Gasteiger charge is -2.23. The average molecular weight is 184 g/mol. The molecule has 1 N–H and O–H groups in total. The molecule has 0 amide bonds. The minimum Gasteiger partial charge on any atom is -0.479 e. The fourth-order valence-corrected chi connectivity index (χ4v) is 1.70. The van der Waals surface area contributed by atoms with Crippen LogP contribution in [-0.4, -0.2) is 23.3 Å². The molecule has 0 heterocycles. The molecule has 0 aliphatic heterocycles. The minimum absolute atomic E-state index is 0.468. The van der Waals surface area contributed by atoms with E-state index in [9.17, 15) is 4.79 Å². The van der Waals surface area contributed by atoms with Crippen molar-refractivity contribution in [3.63, 3.8) is 0 Å². The molecule has 0 aromatic carbocycles. The second-order valence-electron chi connectivity index (χ2n) is 3.43. The molecule has 0 unspecified atom stereocenters. The van der Waals surface area contributed by atoms with Crippen molar-refractivity contribution in [2.75, 3.05) is 6.61 Å². The predicted molar refractivity (Wildman–Crippen MR) is 49.6 cm³/mol. The third kappa shape index (κ3) is 2.31. The minimum atomic E-state index is -0.886.